The Morgan fingerprint density at radius 3 is 2.79 bits per heavy atom. The second kappa shape index (κ2) is 6.78. The number of nitrogens with zero attached hydrogens (tertiary/aromatic N) is 2. The number of hydrogen-bond acceptors (Lipinski definition) is 3. The van der Waals surface area contributed by atoms with Gasteiger partial charge in [-0.1, -0.05) is 19.1 Å². The fourth-order valence-electron chi connectivity index (χ4n) is 1.97. The van der Waals surface area contributed by atoms with Crippen LogP contribution < -0.4 is 0 Å². The number of aliphatic hydroxyl groups excluding tert-OH is 1. The SMILES string of the molecule is CCc1cc(CSc2cccc(CO)c2)n(CC)n1. The minimum absolute atomic E-state index is 0.0985. The van der Waals surface area contributed by atoms with Gasteiger partial charge in [0.1, 0.15) is 0 Å². The third-order valence-corrected chi connectivity index (χ3v) is 4.07. The summed E-state index contributed by atoms with van der Waals surface area (Å²) in [6.07, 6.45) is 0.977. The number of aromatic nitrogens is 2. The maximum Gasteiger partial charge on any atom is 0.0682 e. The van der Waals surface area contributed by atoms with Gasteiger partial charge in [0.2, 0.25) is 0 Å². The van der Waals surface area contributed by atoms with Gasteiger partial charge in [-0.2, -0.15) is 5.10 Å². The number of rotatable bonds is 6. The Bertz CT molecular complexity index is 537. The normalized spacial score (nSPS) is 10.9. The molecule has 0 unspecified atom stereocenters. The number of hydrogen-bond donors (Lipinski definition) is 1. The number of benzene rings is 1. The zero-order valence-electron chi connectivity index (χ0n) is 11.5. The van der Waals surface area contributed by atoms with E-state index in [1.807, 2.05) is 18.2 Å². The van der Waals surface area contributed by atoms with E-state index in [0.29, 0.717) is 0 Å². The summed E-state index contributed by atoms with van der Waals surface area (Å²) >= 11 is 1.78. The summed E-state index contributed by atoms with van der Waals surface area (Å²) in [5.74, 6) is 0.912. The van der Waals surface area contributed by atoms with Crippen LogP contribution in [0.4, 0.5) is 0 Å². The molecule has 1 aromatic heterocycles. The maximum absolute atomic E-state index is 9.14. The van der Waals surface area contributed by atoms with Gasteiger partial charge in [0.05, 0.1) is 12.3 Å². The number of thioether (sulfide) groups is 1. The summed E-state index contributed by atoms with van der Waals surface area (Å²) in [7, 11) is 0. The van der Waals surface area contributed by atoms with Crippen molar-refractivity contribution in [2.24, 2.45) is 0 Å². The van der Waals surface area contributed by atoms with E-state index in [0.717, 1.165) is 30.0 Å². The second-order valence-electron chi connectivity index (χ2n) is 4.39. The third kappa shape index (κ3) is 3.61. The van der Waals surface area contributed by atoms with Gasteiger partial charge in [-0.15, -0.1) is 11.8 Å². The Morgan fingerprint density at radius 1 is 1.26 bits per heavy atom. The zero-order valence-corrected chi connectivity index (χ0v) is 12.3. The average molecular weight is 276 g/mol. The van der Waals surface area contributed by atoms with Crippen LogP contribution in [0.2, 0.25) is 0 Å². The van der Waals surface area contributed by atoms with Gasteiger partial charge < -0.3 is 5.11 Å². The molecule has 0 aliphatic heterocycles. The van der Waals surface area contributed by atoms with Crippen molar-refractivity contribution in [2.75, 3.05) is 0 Å². The van der Waals surface area contributed by atoms with Crippen LogP contribution in [-0.4, -0.2) is 14.9 Å². The Morgan fingerprint density at radius 2 is 2.11 bits per heavy atom. The van der Waals surface area contributed by atoms with Crippen LogP contribution in [0.3, 0.4) is 0 Å². The molecule has 0 fully saturated rings. The van der Waals surface area contributed by atoms with Crippen LogP contribution in [0.1, 0.15) is 30.8 Å². The smallest absolute Gasteiger partial charge is 0.0682 e. The summed E-state index contributed by atoms with van der Waals surface area (Å²) in [5.41, 5.74) is 3.38. The van der Waals surface area contributed by atoms with Crippen molar-refractivity contribution in [3.8, 4) is 0 Å². The molecule has 1 aromatic carbocycles. The van der Waals surface area contributed by atoms with E-state index in [2.05, 4.69) is 35.8 Å². The van der Waals surface area contributed by atoms with E-state index in [4.69, 9.17) is 5.11 Å². The maximum atomic E-state index is 9.14. The molecule has 1 heterocycles. The first-order valence-corrected chi connectivity index (χ1v) is 7.63. The van der Waals surface area contributed by atoms with Crippen molar-refractivity contribution >= 4 is 11.8 Å². The zero-order chi connectivity index (χ0) is 13.7. The lowest BCUT2D eigenvalue weighted by Gasteiger charge is -2.05. The molecule has 0 bridgehead atoms. The summed E-state index contributed by atoms with van der Waals surface area (Å²) in [4.78, 5) is 1.19. The molecule has 2 aromatic rings. The fraction of sp³-hybridized carbons (Fsp3) is 0.400. The van der Waals surface area contributed by atoms with Gasteiger partial charge in [0.25, 0.3) is 0 Å². The highest BCUT2D eigenvalue weighted by atomic mass is 32.2. The lowest BCUT2D eigenvalue weighted by atomic mass is 10.2. The van der Waals surface area contributed by atoms with Crippen LogP contribution in [-0.2, 0) is 25.3 Å². The van der Waals surface area contributed by atoms with Crippen molar-refractivity contribution < 1.29 is 5.11 Å². The van der Waals surface area contributed by atoms with Gasteiger partial charge in [-0.25, -0.2) is 0 Å². The van der Waals surface area contributed by atoms with Crippen LogP contribution in [0.5, 0.6) is 0 Å². The highest BCUT2D eigenvalue weighted by molar-refractivity contribution is 7.98. The van der Waals surface area contributed by atoms with Gasteiger partial charge in [0, 0.05) is 22.9 Å². The third-order valence-electron chi connectivity index (χ3n) is 3.04. The fourth-order valence-corrected chi connectivity index (χ4v) is 2.93. The van der Waals surface area contributed by atoms with Crippen molar-refractivity contribution in [2.45, 2.75) is 44.1 Å². The first-order chi connectivity index (χ1) is 9.26. The Kier molecular flexibility index (Phi) is 5.05. The molecule has 3 nitrogen and oxygen atoms in total. The molecule has 0 spiro atoms. The summed E-state index contributed by atoms with van der Waals surface area (Å²) in [5, 5.41) is 13.7. The Labute approximate surface area is 118 Å². The molecule has 2 rings (SSSR count). The van der Waals surface area contributed by atoms with Crippen molar-refractivity contribution in [3.05, 3.63) is 47.3 Å². The van der Waals surface area contributed by atoms with E-state index in [1.54, 1.807) is 11.8 Å². The predicted octanol–water partition coefficient (Wildman–Crippen LogP) is 3.25. The van der Waals surface area contributed by atoms with Crippen LogP contribution in [0.25, 0.3) is 0 Å². The summed E-state index contributed by atoms with van der Waals surface area (Å²) in [6.45, 7) is 5.25. The predicted molar refractivity (Wildman–Crippen MR) is 79.2 cm³/mol. The lowest BCUT2D eigenvalue weighted by molar-refractivity contribution is 0.281. The first-order valence-electron chi connectivity index (χ1n) is 6.65. The largest absolute Gasteiger partial charge is 0.392 e. The van der Waals surface area contributed by atoms with Crippen molar-refractivity contribution in [1.29, 1.82) is 0 Å². The van der Waals surface area contributed by atoms with Gasteiger partial charge >= 0.3 is 0 Å². The summed E-state index contributed by atoms with van der Waals surface area (Å²) < 4.78 is 2.07. The second-order valence-corrected chi connectivity index (χ2v) is 5.44. The molecule has 19 heavy (non-hydrogen) atoms. The quantitative estimate of drug-likeness (QED) is 0.823. The van der Waals surface area contributed by atoms with E-state index >= 15 is 0 Å². The molecule has 102 valence electrons. The average Bonchev–Trinajstić information content (AvgIpc) is 2.87. The van der Waals surface area contributed by atoms with Crippen LogP contribution in [0.15, 0.2) is 35.2 Å². The molecule has 0 aliphatic carbocycles. The van der Waals surface area contributed by atoms with Crippen LogP contribution >= 0.6 is 11.8 Å². The minimum Gasteiger partial charge on any atom is -0.392 e. The number of aryl methyl sites for hydroxylation is 2. The minimum atomic E-state index is 0.0985. The van der Waals surface area contributed by atoms with Gasteiger partial charge in [0.15, 0.2) is 0 Å². The first kappa shape index (κ1) is 14.2. The van der Waals surface area contributed by atoms with E-state index in [-0.39, 0.29) is 6.61 Å². The van der Waals surface area contributed by atoms with Crippen LogP contribution in [0, 0.1) is 0 Å². The molecule has 0 aliphatic rings. The Hall–Kier alpha value is -1.26. The topological polar surface area (TPSA) is 38.0 Å². The number of aliphatic hydroxyl groups is 1. The van der Waals surface area contributed by atoms with E-state index < -0.39 is 0 Å². The molecule has 0 saturated carbocycles. The van der Waals surface area contributed by atoms with Crippen molar-refractivity contribution in [1.82, 2.24) is 9.78 Å². The Balaban J connectivity index is 2.07. The molecule has 4 heteroatoms. The van der Waals surface area contributed by atoms with E-state index in [9.17, 15) is 0 Å². The molecule has 0 amide bonds. The molecule has 1 N–H and O–H groups in total. The highest BCUT2D eigenvalue weighted by Crippen LogP contribution is 2.24. The van der Waals surface area contributed by atoms with Crippen molar-refractivity contribution in [3.63, 3.8) is 0 Å². The van der Waals surface area contributed by atoms with Gasteiger partial charge in [-0.3, -0.25) is 4.68 Å². The molecular weight excluding hydrogens is 256 g/mol. The standard InChI is InChI=1S/C15H20N2OS/c1-3-13-9-14(17(4-2)16-13)11-19-15-7-5-6-12(8-15)10-18/h5-9,18H,3-4,10-11H2,1-2H3. The summed E-state index contributed by atoms with van der Waals surface area (Å²) in [6, 6.07) is 10.2. The molecule has 0 saturated heterocycles. The van der Waals surface area contributed by atoms with Gasteiger partial charge in [-0.05, 0) is 37.1 Å². The highest BCUT2D eigenvalue weighted by Gasteiger charge is 2.06. The lowest BCUT2D eigenvalue weighted by Crippen LogP contribution is -2.01. The monoisotopic (exact) mass is 276 g/mol. The molecule has 0 atom stereocenters. The van der Waals surface area contributed by atoms with E-state index in [1.165, 1.54) is 10.6 Å². The molecular formula is C15H20N2OS. The molecule has 0 radical (unpaired) electrons.